The number of para-hydroxylation sites is 1. The van der Waals surface area contributed by atoms with Crippen LogP contribution in [0.4, 0.5) is 5.69 Å². The molecule has 0 aliphatic heterocycles. The summed E-state index contributed by atoms with van der Waals surface area (Å²) in [6.07, 6.45) is 0. The van der Waals surface area contributed by atoms with Crippen molar-refractivity contribution in [1.82, 2.24) is 0 Å². The maximum atomic E-state index is 12.8. The smallest absolute Gasteiger partial charge is 0.255 e. The Morgan fingerprint density at radius 2 is 1.47 bits per heavy atom. The van der Waals surface area contributed by atoms with Gasteiger partial charge >= 0.3 is 0 Å². The first-order valence-electron chi connectivity index (χ1n) is 10.2. The molecular formula is C27H23NO3S. The van der Waals surface area contributed by atoms with E-state index in [1.807, 2.05) is 84.9 Å². The molecule has 4 nitrogen and oxygen atoms in total. The molecule has 0 saturated heterocycles. The molecule has 1 amide bonds. The number of rotatable bonds is 8. The molecule has 0 saturated carbocycles. The molecule has 4 aromatic rings. The Morgan fingerprint density at radius 1 is 0.812 bits per heavy atom. The van der Waals surface area contributed by atoms with Crippen LogP contribution in [-0.2, 0) is 5.75 Å². The number of carbonyl (C=O) groups is 1. The summed E-state index contributed by atoms with van der Waals surface area (Å²) < 4.78 is 11.3. The third-order valence-electron chi connectivity index (χ3n) is 4.77. The maximum Gasteiger partial charge on any atom is 0.255 e. The molecule has 0 spiro atoms. The summed E-state index contributed by atoms with van der Waals surface area (Å²) in [6.45, 7) is 0. The lowest BCUT2D eigenvalue weighted by atomic mass is 10.1. The Labute approximate surface area is 192 Å². The van der Waals surface area contributed by atoms with Crippen molar-refractivity contribution in [2.75, 3.05) is 12.4 Å². The van der Waals surface area contributed by atoms with Crippen LogP contribution in [0.5, 0.6) is 17.2 Å². The van der Waals surface area contributed by atoms with E-state index in [1.54, 1.807) is 24.9 Å². The highest BCUT2D eigenvalue weighted by Gasteiger charge is 2.11. The van der Waals surface area contributed by atoms with E-state index < -0.39 is 0 Å². The molecule has 5 heteroatoms. The van der Waals surface area contributed by atoms with E-state index in [4.69, 9.17) is 9.47 Å². The van der Waals surface area contributed by atoms with Crippen LogP contribution in [0.15, 0.2) is 108 Å². The van der Waals surface area contributed by atoms with Crippen LogP contribution >= 0.6 is 11.8 Å². The number of carbonyl (C=O) groups excluding carboxylic acids is 1. The number of anilines is 1. The molecule has 0 radical (unpaired) electrons. The molecule has 4 rings (SSSR count). The fourth-order valence-electron chi connectivity index (χ4n) is 3.14. The zero-order chi connectivity index (χ0) is 22.2. The molecule has 0 bridgehead atoms. The molecule has 160 valence electrons. The van der Waals surface area contributed by atoms with Crippen molar-refractivity contribution in [2.24, 2.45) is 0 Å². The Hall–Kier alpha value is -3.70. The van der Waals surface area contributed by atoms with Gasteiger partial charge in [0.25, 0.3) is 5.91 Å². The van der Waals surface area contributed by atoms with Gasteiger partial charge in [-0.2, -0.15) is 0 Å². The lowest BCUT2D eigenvalue weighted by molar-refractivity contribution is 0.102. The number of hydrogen-bond donors (Lipinski definition) is 1. The van der Waals surface area contributed by atoms with E-state index in [9.17, 15) is 4.79 Å². The first-order chi connectivity index (χ1) is 15.7. The Kier molecular flexibility index (Phi) is 7.10. The summed E-state index contributed by atoms with van der Waals surface area (Å²) in [6, 6.07) is 32.6. The second kappa shape index (κ2) is 10.6. The number of methoxy groups -OCH3 is 1. The van der Waals surface area contributed by atoms with Crippen molar-refractivity contribution < 1.29 is 14.3 Å². The lowest BCUT2D eigenvalue weighted by Gasteiger charge is -2.12. The van der Waals surface area contributed by atoms with Crippen molar-refractivity contribution in [3.8, 4) is 17.2 Å². The second-order valence-corrected chi connectivity index (χ2v) is 8.07. The normalized spacial score (nSPS) is 10.4. The highest BCUT2D eigenvalue weighted by atomic mass is 32.2. The summed E-state index contributed by atoms with van der Waals surface area (Å²) in [5, 5.41) is 2.95. The zero-order valence-corrected chi connectivity index (χ0v) is 18.5. The fraction of sp³-hybridized carbons (Fsp3) is 0.0741. The Balaban J connectivity index is 1.42. The molecule has 0 aromatic heterocycles. The standard InChI is InChI=1S/C27H23NO3S/c1-30-26-17-12-20(18-21(26)19-32-25-10-6-3-7-11-25)27(29)28-22-13-15-24(16-14-22)31-23-8-4-2-5-9-23/h2-18H,19H2,1H3,(H,28,29). The van der Waals surface area contributed by atoms with Gasteiger partial charge < -0.3 is 14.8 Å². The van der Waals surface area contributed by atoms with E-state index in [0.29, 0.717) is 22.8 Å². The molecule has 0 heterocycles. The summed E-state index contributed by atoms with van der Waals surface area (Å²) in [5.74, 6) is 2.78. The molecule has 0 atom stereocenters. The first-order valence-corrected chi connectivity index (χ1v) is 11.2. The average Bonchev–Trinajstić information content (AvgIpc) is 2.85. The molecule has 0 unspecified atom stereocenters. The van der Waals surface area contributed by atoms with Gasteiger partial charge in [0.05, 0.1) is 7.11 Å². The molecule has 32 heavy (non-hydrogen) atoms. The molecule has 0 fully saturated rings. The Morgan fingerprint density at radius 3 is 2.16 bits per heavy atom. The second-order valence-electron chi connectivity index (χ2n) is 7.02. The van der Waals surface area contributed by atoms with Crippen LogP contribution < -0.4 is 14.8 Å². The molecule has 4 aromatic carbocycles. The number of amides is 1. The van der Waals surface area contributed by atoms with Crippen LogP contribution in [-0.4, -0.2) is 13.0 Å². The van der Waals surface area contributed by atoms with Gasteiger partial charge in [-0.1, -0.05) is 36.4 Å². The van der Waals surface area contributed by atoms with Crippen LogP contribution in [0.2, 0.25) is 0 Å². The van der Waals surface area contributed by atoms with Gasteiger partial charge in [0, 0.05) is 27.5 Å². The molecule has 1 N–H and O–H groups in total. The predicted octanol–water partition coefficient (Wildman–Crippen LogP) is 7.03. The van der Waals surface area contributed by atoms with E-state index in [0.717, 1.165) is 17.1 Å². The number of thioether (sulfide) groups is 1. The van der Waals surface area contributed by atoms with Crippen molar-refractivity contribution >= 4 is 23.4 Å². The van der Waals surface area contributed by atoms with Gasteiger partial charge in [-0.05, 0) is 66.7 Å². The van der Waals surface area contributed by atoms with Crippen LogP contribution in [0, 0.1) is 0 Å². The van der Waals surface area contributed by atoms with Gasteiger partial charge in [0.2, 0.25) is 0 Å². The summed E-state index contributed by atoms with van der Waals surface area (Å²) in [7, 11) is 1.64. The van der Waals surface area contributed by atoms with Gasteiger partial charge in [-0.15, -0.1) is 11.8 Å². The van der Waals surface area contributed by atoms with Crippen molar-refractivity contribution in [2.45, 2.75) is 10.6 Å². The fourth-order valence-corrected chi connectivity index (χ4v) is 4.04. The van der Waals surface area contributed by atoms with Crippen LogP contribution in [0.1, 0.15) is 15.9 Å². The minimum absolute atomic E-state index is 0.171. The van der Waals surface area contributed by atoms with Crippen LogP contribution in [0.25, 0.3) is 0 Å². The third-order valence-corrected chi connectivity index (χ3v) is 5.83. The van der Waals surface area contributed by atoms with Gasteiger partial charge in [0.15, 0.2) is 0 Å². The SMILES string of the molecule is COc1ccc(C(=O)Nc2ccc(Oc3ccccc3)cc2)cc1CSc1ccccc1. The summed E-state index contributed by atoms with van der Waals surface area (Å²) in [5.41, 5.74) is 2.26. The van der Waals surface area contributed by atoms with E-state index in [-0.39, 0.29) is 5.91 Å². The summed E-state index contributed by atoms with van der Waals surface area (Å²) >= 11 is 1.70. The predicted molar refractivity (Wildman–Crippen MR) is 130 cm³/mol. The topological polar surface area (TPSA) is 47.6 Å². The Bertz CT molecular complexity index is 1160. The molecule has 0 aliphatic carbocycles. The number of ether oxygens (including phenoxy) is 2. The van der Waals surface area contributed by atoms with Crippen molar-refractivity contribution in [1.29, 1.82) is 0 Å². The molecular weight excluding hydrogens is 418 g/mol. The number of nitrogens with one attached hydrogen (secondary N) is 1. The number of hydrogen-bond acceptors (Lipinski definition) is 4. The average molecular weight is 442 g/mol. The van der Waals surface area contributed by atoms with Crippen molar-refractivity contribution in [3.05, 3.63) is 114 Å². The van der Waals surface area contributed by atoms with E-state index in [1.165, 1.54) is 4.90 Å². The van der Waals surface area contributed by atoms with E-state index >= 15 is 0 Å². The third kappa shape index (κ3) is 5.71. The first kappa shape index (κ1) is 21.5. The summed E-state index contributed by atoms with van der Waals surface area (Å²) in [4.78, 5) is 14.0. The largest absolute Gasteiger partial charge is 0.496 e. The molecule has 0 aliphatic rings. The highest BCUT2D eigenvalue weighted by molar-refractivity contribution is 7.98. The minimum atomic E-state index is -0.171. The zero-order valence-electron chi connectivity index (χ0n) is 17.7. The van der Waals surface area contributed by atoms with Crippen molar-refractivity contribution in [3.63, 3.8) is 0 Å². The van der Waals surface area contributed by atoms with Gasteiger partial charge in [0.1, 0.15) is 17.2 Å². The van der Waals surface area contributed by atoms with E-state index in [2.05, 4.69) is 17.4 Å². The van der Waals surface area contributed by atoms with Gasteiger partial charge in [-0.3, -0.25) is 4.79 Å². The quantitative estimate of drug-likeness (QED) is 0.298. The van der Waals surface area contributed by atoms with Crippen LogP contribution in [0.3, 0.4) is 0 Å². The lowest BCUT2D eigenvalue weighted by Crippen LogP contribution is -2.12. The monoisotopic (exact) mass is 441 g/mol. The maximum absolute atomic E-state index is 12.8. The number of benzene rings is 4. The highest BCUT2D eigenvalue weighted by Crippen LogP contribution is 2.29. The minimum Gasteiger partial charge on any atom is -0.496 e. The van der Waals surface area contributed by atoms with Gasteiger partial charge in [-0.25, -0.2) is 0 Å².